The molecule has 0 saturated carbocycles. The minimum atomic E-state index is -4.00. The van der Waals surface area contributed by atoms with Crippen LogP contribution in [0.4, 0.5) is 5.13 Å². The number of nitrogens with one attached hydrogen (secondary N) is 1. The van der Waals surface area contributed by atoms with E-state index in [-0.39, 0.29) is 20.6 Å². The minimum absolute atomic E-state index is 0.00643. The third kappa shape index (κ3) is 2.49. The summed E-state index contributed by atoms with van der Waals surface area (Å²) in [5, 5.41) is 13.8. The molecule has 0 unspecified atom stereocenters. The lowest BCUT2D eigenvalue weighted by Gasteiger charge is -2.26. The molecule has 7 nitrogen and oxygen atoms in total. The van der Waals surface area contributed by atoms with Gasteiger partial charge in [0.1, 0.15) is 9.23 Å². The lowest BCUT2D eigenvalue weighted by Crippen LogP contribution is -2.36. The Bertz CT molecular complexity index is 1200. The molecule has 0 radical (unpaired) electrons. The number of halogens is 1. The van der Waals surface area contributed by atoms with Gasteiger partial charge in [-0.15, -0.1) is 11.3 Å². The van der Waals surface area contributed by atoms with Crippen molar-refractivity contribution < 1.29 is 18.3 Å². The summed E-state index contributed by atoms with van der Waals surface area (Å²) in [5.74, 6) is -1.18. The Morgan fingerprint density at radius 1 is 1.31 bits per heavy atom. The summed E-state index contributed by atoms with van der Waals surface area (Å²) in [6, 6.07) is 6.94. The summed E-state index contributed by atoms with van der Waals surface area (Å²) >= 11 is 7.92. The summed E-state index contributed by atoms with van der Waals surface area (Å²) < 4.78 is 27.8. The molecule has 0 atom stereocenters. The second-order valence-corrected chi connectivity index (χ2v) is 9.97. The predicted octanol–water partition coefficient (Wildman–Crippen LogP) is 3.51. The lowest BCUT2D eigenvalue weighted by molar-refractivity contribution is -0.113. The number of sulfonamides is 1. The lowest BCUT2D eigenvalue weighted by atomic mass is 10.2. The third-order valence-corrected chi connectivity index (χ3v) is 8.02. The van der Waals surface area contributed by atoms with Crippen LogP contribution < -0.4 is 5.32 Å². The van der Waals surface area contributed by atoms with Gasteiger partial charge in [0, 0.05) is 17.1 Å². The number of amides is 1. The highest BCUT2D eigenvalue weighted by molar-refractivity contribution is 7.89. The molecule has 0 saturated heterocycles. The van der Waals surface area contributed by atoms with E-state index >= 15 is 0 Å². The van der Waals surface area contributed by atoms with Crippen LogP contribution in [0, 0.1) is 0 Å². The van der Waals surface area contributed by atoms with E-state index in [1.165, 1.54) is 13.2 Å². The van der Waals surface area contributed by atoms with Gasteiger partial charge in [0.2, 0.25) is 0 Å². The summed E-state index contributed by atoms with van der Waals surface area (Å²) in [6.07, 6.45) is 1.36. The highest BCUT2D eigenvalue weighted by Crippen LogP contribution is 2.44. The summed E-state index contributed by atoms with van der Waals surface area (Å²) in [5.41, 5.74) is -0.365. The molecule has 1 amide bonds. The number of hydrogen-bond donors (Lipinski definition) is 2. The fraction of sp³-hybridized carbons (Fsp3) is 0.0667. The molecular formula is C15H10ClN3O4S3. The largest absolute Gasteiger partial charge is 0.504 e. The number of likely N-dealkylation sites (N-methyl/N-ethyl adjacent to an activating group) is 1. The maximum Gasteiger partial charge on any atom is 0.278 e. The molecule has 0 fully saturated rings. The second kappa shape index (κ2) is 5.95. The quantitative estimate of drug-likeness (QED) is 0.651. The van der Waals surface area contributed by atoms with Gasteiger partial charge < -0.3 is 5.11 Å². The van der Waals surface area contributed by atoms with Crippen LogP contribution in [0.5, 0.6) is 0 Å². The van der Waals surface area contributed by atoms with E-state index in [2.05, 4.69) is 10.3 Å². The zero-order valence-corrected chi connectivity index (χ0v) is 16.3. The topological polar surface area (TPSA) is 99.6 Å². The van der Waals surface area contributed by atoms with Crippen LogP contribution in [-0.2, 0) is 14.8 Å². The highest BCUT2D eigenvalue weighted by Gasteiger charge is 2.40. The molecule has 0 aliphatic carbocycles. The van der Waals surface area contributed by atoms with Crippen molar-refractivity contribution in [1.29, 1.82) is 0 Å². The Balaban J connectivity index is 1.89. The Kier molecular flexibility index (Phi) is 3.95. The number of thiophene rings is 1. The van der Waals surface area contributed by atoms with E-state index in [0.29, 0.717) is 14.4 Å². The number of thiazole rings is 1. The van der Waals surface area contributed by atoms with Crippen LogP contribution in [0.2, 0.25) is 4.34 Å². The Labute approximate surface area is 161 Å². The first-order valence-corrected chi connectivity index (χ1v) is 10.6. The van der Waals surface area contributed by atoms with Gasteiger partial charge in [0.05, 0.1) is 11.1 Å². The van der Waals surface area contributed by atoms with Crippen molar-refractivity contribution in [3.05, 3.63) is 45.4 Å². The maximum absolute atomic E-state index is 13.0. The SMILES string of the molecule is CN1C(C(=O)Nc2ncc(Cl)s2)=C(O)c2sc3ccccc3c2S1(=O)=O. The van der Waals surface area contributed by atoms with Gasteiger partial charge in [-0.05, 0) is 6.07 Å². The van der Waals surface area contributed by atoms with Gasteiger partial charge in [-0.3, -0.25) is 14.4 Å². The molecule has 0 spiro atoms. The fourth-order valence-corrected chi connectivity index (χ4v) is 6.49. The number of nitrogens with zero attached hydrogens (tertiary/aromatic N) is 2. The molecule has 0 bridgehead atoms. The van der Waals surface area contributed by atoms with Crippen LogP contribution >= 0.6 is 34.3 Å². The third-order valence-electron chi connectivity index (χ3n) is 3.84. The minimum Gasteiger partial charge on any atom is -0.504 e. The summed E-state index contributed by atoms with van der Waals surface area (Å²) in [6.45, 7) is 0. The number of benzene rings is 1. The van der Waals surface area contributed by atoms with E-state index in [9.17, 15) is 18.3 Å². The number of carbonyl (C=O) groups is 1. The Morgan fingerprint density at radius 2 is 2.04 bits per heavy atom. The molecular weight excluding hydrogens is 418 g/mol. The molecule has 11 heteroatoms. The van der Waals surface area contributed by atoms with Crippen molar-refractivity contribution in [2.24, 2.45) is 0 Å². The van der Waals surface area contributed by atoms with E-state index in [1.54, 1.807) is 24.3 Å². The average molecular weight is 428 g/mol. The second-order valence-electron chi connectivity index (χ2n) is 5.35. The highest BCUT2D eigenvalue weighted by atomic mass is 35.5. The van der Waals surface area contributed by atoms with E-state index in [1.807, 2.05) is 0 Å². The first-order chi connectivity index (χ1) is 12.3. The average Bonchev–Trinajstić information content (AvgIpc) is 3.17. The van der Waals surface area contributed by atoms with Crippen molar-refractivity contribution in [1.82, 2.24) is 9.29 Å². The normalized spacial score (nSPS) is 16.0. The summed E-state index contributed by atoms with van der Waals surface area (Å²) in [4.78, 5) is 16.7. The van der Waals surface area contributed by atoms with Crippen LogP contribution in [0.15, 0.2) is 41.1 Å². The van der Waals surface area contributed by atoms with Crippen LogP contribution in [-0.4, -0.2) is 35.8 Å². The maximum atomic E-state index is 13.0. The molecule has 3 heterocycles. The molecule has 26 heavy (non-hydrogen) atoms. The zero-order chi connectivity index (χ0) is 18.6. The Hall–Kier alpha value is -2.14. The van der Waals surface area contributed by atoms with Crippen LogP contribution in [0.1, 0.15) is 4.88 Å². The van der Waals surface area contributed by atoms with Gasteiger partial charge >= 0.3 is 0 Å². The number of carbonyl (C=O) groups excluding carboxylic acids is 1. The van der Waals surface area contributed by atoms with E-state index in [4.69, 9.17) is 11.6 Å². The summed E-state index contributed by atoms with van der Waals surface area (Å²) in [7, 11) is -2.77. The van der Waals surface area contributed by atoms with Gasteiger partial charge in [-0.25, -0.2) is 13.4 Å². The van der Waals surface area contributed by atoms with Crippen molar-refractivity contribution in [2.45, 2.75) is 4.90 Å². The Morgan fingerprint density at radius 3 is 2.73 bits per heavy atom. The molecule has 3 aromatic rings. The number of anilines is 1. The van der Waals surface area contributed by atoms with Gasteiger partial charge in [-0.2, -0.15) is 0 Å². The van der Waals surface area contributed by atoms with Gasteiger partial charge in [0.15, 0.2) is 16.6 Å². The monoisotopic (exact) mass is 427 g/mol. The smallest absolute Gasteiger partial charge is 0.278 e. The number of aromatic nitrogens is 1. The first kappa shape index (κ1) is 17.3. The van der Waals surface area contributed by atoms with Crippen LogP contribution in [0.3, 0.4) is 0 Å². The molecule has 1 aromatic carbocycles. The van der Waals surface area contributed by atoms with Gasteiger partial charge in [-0.1, -0.05) is 41.1 Å². The molecule has 1 aliphatic heterocycles. The molecule has 2 N–H and O–H groups in total. The zero-order valence-electron chi connectivity index (χ0n) is 13.1. The van der Waals surface area contributed by atoms with Crippen molar-refractivity contribution in [3.63, 3.8) is 0 Å². The molecule has 2 aromatic heterocycles. The first-order valence-electron chi connectivity index (χ1n) is 7.17. The fourth-order valence-electron chi connectivity index (χ4n) is 2.67. The molecule has 4 rings (SSSR count). The van der Waals surface area contributed by atoms with Crippen molar-refractivity contribution in [2.75, 3.05) is 12.4 Å². The van der Waals surface area contributed by atoms with E-state index < -0.39 is 21.7 Å². The van der Waals surface area contributed by atoms with E-state index in [0.717, 1.165) is 27.0 Å². The molecule has 134 valence electrons. The van der Waals surface area contributed by atoms with Gasteiger partial charge in [0.25, 0.3) is 15.9 Å². The predicted molar refractivity (Wildman–Crippen MR) is 102 cm³/mol. The number of hydrogen-bond acceptors (Lipinski definition) is 7. The molecule has 1 aliphatic rings. The number of aliphatic hydroxyl groups excluding tert-OH is 1. The number of rotatable bonds is 2. The number of aliphatic hydroxyl groups is 1. The standard InChI is InChI=1S/C15H10ClN3O4S3/c1-19-10(14(21)18-15-17-6-9(16)25-15)11(20)12-13(26(19,22)23)7-4-2-3-5-8(7)24-12/h2-6,20H,1H3,(H,17,18,21). The van der Waals surface area contributed by atoms with Crippen molar-refractivity contribution in [3.8, 4) is 0 Å². The van der Waals surface area contributed by atoms with Crippen molar-refractivity contribution >= 4 is 71.2 Å². The van der Waals surface area contributed by atoms with Crippen LogP contribution in [0.25, 0.3) is 15.8 Å². The number of fused-ring (bicyclic) bond motifs is 3.